The van der Waals surface area contributed by atoms with Gasteiger partial charge in [0.05, 0.1) is 0 Å². The third-order valence-electron chi connectivity index (χ3n) is 6.13. The van der Waals surface area contributed by atoms with E-state index < -0.39 is 5.67 Å². The SMILES string of the molecule is CC1CC(F)(CN[C@@H]2C[C@H]2c2ccccc2)CCN1C(=O)OCc1ccccc1. The summed E-state index contributed by atoms with van der Waals surface area (Å²) >= 11 is 0. The van der Waals surface area contributed by atoms with Gasteiger partial charge in [0.25, 0.3) is 0 Å². The second-order valence-electron chi connectivity index (χ2n) is 8.43. The zero-order valence-electron chi connectivity index (χ0n) is 16.9. The van der Waals surface area contributed by atoms with Crippen LogP contribution < -0.4 is 5.32 Å². The van der Waals surface area contributed by atoms with Gasteiger partial charge in [0, 0.05) is 43.9 Å². The third kappa shape index (κ3) is 4.96. The average Bonchev–Trinajstić information content (AvgIpc) is 3.52. The van der Waals surface area contributed by atoms with Gasteiger partial charge >= 0.3 is 6.09 Å². The zero-order chi connectivity index (χ0) is 20.3. The second kappa shape index (κ2) is 8.54. The van der Waals surface area contributed by atoms with E-state index in [4.69, 9.17) is 4.74 Å². The van der Waals surface area contributed by atoms with Gasteiger partial charge in [-0.05, 0) is 24.5 Å². The molecule has 29 heavy (non-hydrogen) atoms. The van der Waals surface area contributed by atoms with Gasteiger partial charge in [-0.15, -0.1) is 0 Å². The maximum Gasteiger partial charge on any atom is 0.410 e. The minimum absolute atomic E-state index is 0.178. The van der Waals surface area contributed by atoms with Crippen LogP contribution in [0, 0.1) is 0 Å². The van der Waals surface area contributed by atoms with E-state index in [2.05, 4.69) is 29.6 Å². The molecule has 2 aliphatic rings. The predicted octanol–water partition coefficient (Wildman–Crippen LogP) is 4.66. The first-order valence-electron chi connectivity index (χ1n) is 10.5. The summed E-state index contributed by atoms with van der Waals surface area (Å²) in [7, 11) is 0. The molecule has 4 nitrogen and oxygen atoms in total. The molecule has 0 spiro atoms. The van der Waals surface area contributed by atoms with E-state index in [0.717, 1.165) is 12.0 Å². The molecule has 0 radical (unpaired) electrons. The van der Waals surface area contributed by atoms with E-state index in [1.807, 2.05) is 43.3 Å². The van der Waals surface area contributed by atoms with Gasteiger partial charge in [0.2, 0.25) is 0 Å². The fourth-order valence-corrected chi connectivity index (χ4v) is 4.32. The van der Waals surface area contributed by atoms with Crippen molar-refractivity contribution < 1.29 is 13.9 Å². The van der Waals surface area contributed by atoms with Crippen molar-refractivity contribution in [1.82, 2.24) is 10.2 Å². The number of amides is 1. The quantitative estimate of drug-likeness (QED) is 0.772. The maximum atomic E-state index is 15.4. The Morgan fingerprint density at radius 3 is 2.55 bits per heavy atom. The predicted molar refractivity (Wildman–Crippen MR) is 111 cm³/mol. The minimum atomic E-state index is -1.28. The van der Waals surface area contributed by atoms with E-state index in [1.54, 1.807) is 4.90 Å². The van der Waals surface area contributed by atoms with Crippen molar-refractivity contribution in [3.63, 3.8) is 0 Å². The number of likely N-dealkylation sites (tertiary alicyclic amines) is 1. The Labute approximate surface area is 172 Å². The molecular formula is C24H29FN2O2. The lowest BCUT2D eigenvalue weighted by atomic mass is 9.88. The molecular weight excluding hydrogens is 367 g/mol. The highest BCUT2D eigenvalue weighted by molar-refractivity contribution is 5.68. The summed E-state index contributed by atoms with van der Waals surface area (Å²) in [5, 5.41) is 3.42. The summed E-state index contributed by atoms with van der Waals surface area (Å²) in [5.74, 6) is 0.491. The average molecular weight is 397 g/mol. The van der Waals surface area contributed by atoms with Crippen molar-refractivity contribution in [1.29, 1.82) is 0 Å². The number of nitrogens with one attached hydrogen (secondary N) is 1. The zero-order valence-corrected chi connectivity index (χ0v) is 16.9. The minimum Gasteiger partial charge on any atom is -0.445 e. The van der Waals surface area contributed by atoms with Crippen LogP contribution in [0.2, 0.25) is 0 Å². The highest BCUT2D eigenvalue weighted by Crippen LogP contribution is 2.41. The lowest BCUT2D eigenvalue weighted by Gasteiger charge is -2.40. The summed E-state index contributed by atoms with van der Waals surface area (Å²) in [4.78, 5) is 14.1. The normalized spacial score (nSPS) is 28.8. The van der Waals surface area contributed by atoms with Crippen LogP contribution >= 0.6 is 0 Å². The Balaban J connectivity index is 1.23. The van der Waals surface area contributed by atoms with E-state index in [0.29, 0.717) is 37.9 Å². The van der Waals surface area contributed by atoms with E-state index in [1.165, 1.54) is 5.56 Å². The van der Waals surface area contributed by atoms with Crippen LogP contribution in [0.25, 0.3) is 0 Å². The van der Waals surface area contributed by atoms with Gasteiger partial charge in [0.1, 0.15) is 12.3 Å². The van der Waals surface area contributed by atoms with E-state index in [9.17, 15) is 4.79 Å². The molecule has 1 aliphatic carbocycles. The molecule has 2 fully saturated rings. The Bertz CT molecular complexity index is 816. The highest BCUT2D eigenvalue weighted by Gasteiger charge is 2.44. The molecule has 1 N–H and O–H groups in total. The molecule has 4 rings (SSSR count). The van der Waals surface area contributed by atoms with E-state index in [-0.39, 0.29) is 18.7 Å². The maximum absolute atomic E-state index is 15.4. The molecule has 2 aromatic carbocycles. The number of piperidine rings is 1. The van der Waals surface area contributed by atoms with Crippen molar-refractivity contribution in [3.05, 3.63) is 71.8 Å². The molecule has 1 saturated heterocycles. The molecule has 2 aromatic rings. The molecule has 154 valence electrons. The Morgan fingerprint density at radius 1 is 1.17 bits per heavy atom. The summed E-state index contributed by atoms with van der Waals surface area (Å²) < 4.78 is 20.8. The molecule has 1 saturated carbocycles. The number of nitrogens with zero attached hydrogens (tertiary/aromatic N) is 1. The van der Waals surface area contributed by atoms with Crippen LogP contribution in [0.15, 0.2) is 60.7 Å². The summed E-state index contributed by atoms with van der Waals surface area (Å²) in [6.45, 7) is 2.88. The molecule has 1 amide bonds. The Morgan fingerprint density at radius 2 is 1.86 bits per heavy atom. The fourth-order valence-electron chi connectivity index (χ4n) is 4.32. The number of halogens is 1. The molecule has 5 heteroatoms. The third-order valence-corrected chi connectivity index (χ3v) is 6.13. The largest absolute Gasteiger partial charge is 0.445 e. The van der Waals surface area contributed by atoms with Gasteiger partial charge in [0.15, 0.2) is 0 Å². The van der Waals surface area contributed by atoms with Crippen molar-refractivity contribution in [2.75, 3.05) is 13.1 Å². The monoisotopic (exact) mass is 396 g/mol. The fraction of sp³-hybridized carbons (Fsp3) is 0.458. The first kappa shape index (κ1) is 19.9. The van der Waals surface area contributed by atoms with Gasteiger partial charge in [-0.25, -0.2) is 9.18 Å². The van der Waals surface area contributed by atoms with Crippen LogP contribution in [0.5, 0.6) is 0 Å². The number of benzene rings is 2. The van der Waals surface area contributed by atoms with Crippen LogP contribution in [0.3, 0.4) is 0 Å². The number of carbonyl (C=O) groups is 1. The summed E-state index contributed by atoms with van der Waals surface area (Å²) in [6, 6.07) is 20.2. The molecule has 1 heterocycles. The van der Waals surface area contributed by atoms with Crippen LogP contribution in [-0.2, 0) is 11.3 Å². The number of ether oxygens (including phenoxy) is 1. The topological polar surface area (TPSA) is 41.6 Å². The smallest absolute Gasteiger partial charge is 0.410 e. The lowest BCUT2D eigenvalue weighted by Crippen LogP contribution is -2.53. The first-order valence-corrected chi connectivity index (χ1v) is 10.5. The molecule has 2 unspecified atom stereocenters. The Hall–Kier alpha value is -2.40. The van der Waals surface area contributed by atoms with Crippen molar-refractivity contribution >= 4 is 6.09 Å². The molecule has 4 atom stereocenters. The number of rotatable bonds is 6. The van der Waals surface area contributed by atoms with Crippen molar-refractivity contribution in [2.24, 2.45) is 0 Å². The first-order chi connectivity index (χ1) is 14.0. The summed E-state index contributed by atoms with van der Waals surface area (Å²) in [5.41, 5.74) is 0.994. The number of alkyl halides is 1. The van der Waals surface area contributed by atoms with E-state index >= 15 is 4.39 Å². The number of carbonyl (C=O) groups excluding carboxylic acids is 1. The number of hydrogen-bond donors (Lipinski definition) is 1. The molecule has 0 bridgehead atoms. The standard InChI is InChI=1S/C24H29FN2O2/c1-18-15-24(25,17-26-22-14-21(22)20-10-6-3-7-11-20)12-13-27(18)23(28)29-16-19-8-4-2-5-9-19/h2-11,18,21-22,26H,12-17H2,1H3/t18?,21-,22+,24?/m0/s1. The van der Waals surface area contributed by atoms with Crippen molar-refractivity contribution in [2.45, 2.75) is 56.5 Å². The highest BCUT2D eigenvalue weighted by atomic mass is 19.1. The van der Waals surface area contributed by atoms with Crippen LogP contribution in [0.4, 0.5) is 9.18 Å². The molecule has 1 aliphatic heterocycles. The van der Waals surface area contributed by atoms with Gasteiger partial charge in [-0.1, -0.05) is 60.7 Å². The van der Waals surface area contributed by atoms with Crippen molar-refractivity contribution in [3.8, 4) is 0 Å². The van der Waals surface area contributed by atoms with Gasteiger partial charge in [-0.2, -0.15) is 0 Å². The summed E-state index contributed by atoms with van der Waals surface area (Å²) in [6.07, 6.45) is 1.38. The van der Waals surface area contributed by atoms with Crippen LogP contribution in [0.1, 0.15) is 43.2 Å². The van der Waals surface area contributed by atoms with Gasteiger partial charge in [-0.3, -0.25) is 0 Å². The molecule has 0 aromatic heterocycles. The lowest BCUT2D eigenvalue weighted by molar-refractivity contribution is 0.0148. The Kier molecular flexibility index (Phi) is 5.86. The second-order valence-corrected chi connectivity index (χ2v) is 8.43. The van der Waals surface area contributed by atoms with Gasteiger partial charge < -0.3 is 15.0 Å². The number of hydrogen-bond acceptors (Lipinski definition) is 3. The van der Waals surface area contributed by atoms with Crippen LogP contribution in [-0.4, -0.2) is 41.8 Å².